The van der Waals surface area contributed by atoms with Crippen LogP contribution in [0.1, 0.15) is 11.3 Å². The lowest BCUT2D eigenvalue weighted by Gasteiger charge is -2.00. The average molecular weight is 295 g/mol. The van der Waals surface area contributed by atoms with Crippen LogP contribution < -0.4 is 0 Å². The van der Waals surface area contributed by atoms with Crippen LogP contribution in [0.15, 0.2) is 55.2 Å². The molecule has 0 atom stereocenters. The van der Waals surface area contributed by atoms with Gasteiger partial charge in [0.15, 0.2) is 5.82 Å². The van der Waals surface area contributed by atoms with E-state index in [2.05, 4.69) is 19.9 Å². The Hall–Kier alpha value is -2.59. The molecule has 21 heavy (non-hydrogen) atoms. The number of hydrogen-bond acceptors (Lipinski definition) is 4. The summed E-state index contributed by atoms with van der Waals surface area (Å²) in [6.07, 6.45) is 10.6. The molecule has 1 aromatic carbocycles. The predicted molar refractivity (Wildman–Crippen MR) is 83.4 cm³/mol. The normalized spacial score (nSPS) is 10.9. The van der Waals surface area contributed by atoms with Crippen molar-refractivity contribution in [3.8, 4) is 11.4 Å². The van der Waals surface area contributed by atoms with Crippen molar-refractivity contribution in [2.24, 2.45) is 0 Å². The van der Waals surface area contributed by atoms with Crippen molar-refractivity contribution in [2.45, 2.75) is 0 Å². The van der Waals surface area contributed by atoms with Crippen LogP contribution in [0.5, 0.6) is 0 Å². The van der Waals surface area contributed by atoms with E-state index in [4.69, 9.17) is 11.6 Å². The van der Waals surface area contributed by atoms with Gasteiger partial charge >= 0.3 is 0 Å². The summed E-state index contributed by atoms with van der Waals surface area (Å²) in [5.74, 6) is 0.672. The lowest BCUT2D eigenvalue weighted by atomic mass is 10.2. The van der Waals surface area contributed by atoms with Crippen molar-refractivity contribution in [1.29, 1.82) is 0 Å². The fraction of sp³-hybridized carbons (Fsp3) is 0. The van der Waals surface area contributed by atoms with E-state index in [1.165, 1.54) is 6.33 Å². The highest BCUT2D eigenvalue weighted by atomic mass is 35.5. The zero-order chi connectivity index (χ0) is 14.5. The minimum atomic E-state index is 0.672. The third kappa shape index (κ3) is 3.49. The van der Waals surface area contributed by atoms with E-state index in [0.717, 1.165) is 16.8 Å². The fourth-order valence-electron chi connectivity index (χ4n) is 1.75. The van der Waals surface area contributed by atoms with Gasteiger partial charge in [-0.1, -0.05) is 11.6 Å². The van der Waals surface area contributed by atoms with E-state index in [1.807, 2.05) is 42.5 Å². The Morgan fingerprint density at radius 1 is 0.857 bits per heavy atom. The van der Waals surface area contributed by atoms with Gasteiger partial charge in [0.2, 0.25) is 0 Å². The number of nitrogens with zero attached hydrogens (tertiary/aromatic N) is 4. The maximum Gasteiger partial charge on any atom is 0.159 e. The molecule has 2 aromatic heterocycles. The van der Waals surface area contributed by atoms with Crippen LogP contribution >= 0.6 is 11.6 Å². The molecule has 0 fully saturated rings. The second-order valence-electron chi connectivity index (χ2n) is 4.31. The predicted octanol–water partition coefficient (Wildman–Crippen LogP) is 3.76. The van der Waals surface area contributed by atoms with E-state index >= 15 is 0 Å². The summed E-state index contributed by atoms with van der Waals surface area (Å²) in [6, 6.07) is 9.27. The van der Waals surface area contributed by atoms with Gasteiger partial charge < -0.3 is 0 Å². The average Bonchev–Trinajstić information content (AvgIpc) is 2.55. The molecular formula is C16H11ClN4. The second kappa shape index (κ2) is 6.24. The molecular weight excluding hydrogens is 284 g/mol. The zero-order valence-electron chi connectivity index (χ0n) is 11.0. The Balaban J connectivity index is 1.78. The highest BCUT2D eigenvalue weighted by molar-refractivity contribution is 6.30. The second-order valence-corrected chi connectivity index (χ2v) is 4.75. The molecule has 0 N–H and O–H groups in total. The van der Waals surface area contributed by atoms with Crippen LogP contribution in [0, 0.1) is 0 Å². The Morgan fingerprint density at radius 2 is 1.62 bits per heavy atom. The number of aromatic nitrogens is 4. The van der Waals surface area contributed by atoms with E-state index in [0.29, 0.717) is 10.8 Å². The van der Waals surface area contributed by atoms with Gasteiger partial charge in [0.05, 0.1) is 5.69 Å². The van der Waals surface area contributed by atoms with Gasteiger partial charge in [0, 0.05) is 34.7 Å². The van der Waals surface area contributed by atoms with Crippen molar-refractivity contribution in [1.82, 2.24) is 19.9 Å². The molecule has 0 bridgehead atoms. The summed E-state index contributed by atoms with van der Waals surface area (Å²) in [5.41, 5.74) is 2.68. The molecule has 0 saturated carbocycles. The monoisotopic (exact) mass is 294 g/mol. The summed E-state index contributed by atoms with van der Waals surface area (Å²) in [4.78, 5) is 16.7. The molecule has 0 saturated heterocycles. The minimum absolute atomic E-state index is 0.672. The molecule has 102 valence electrons. The standard InChI is InChI=1S/C16H11ClN4/c17-14-4-2-13(3-5-14)16-19-9-12(10-20-16)1-6-15-7-8-18-11-21-15/h1-11H/b6-1+. The summed E-state index contributed by atoms with van der Waals surface area (Å²) >= 11 is 5.86. The van der Waals surface area contributed by atoms with Crippen molar-refractivity contribution >= 4 is 23.8 Å². The summed E-state index contributed by atoms with van der Waals surface area (Å²) < 4.78 is 0. The highest BCUT2D eigenvalue weighted by Crippen LogP contribution is 2.17. The van der Waals surface area contributed by atoms with Gasteiger partial charge in [-0.25, -0.2) is 19.9 Å². The Kier molecular flexibility index (Phi) is 3.98. The topological polar surface area (TPSA) is 51.6 Å². The van der Waals surface area contributed by atoms with Gasteiger partial charge in [0.25, 0.3) is 0 Å². The van der Waals surface area contributed by atoms with Gasteiger partial charge in [-0.05, 0) is 42.5 Å². The molecule has 0 unspecified atom stereocenters. The van der Waals surface area contributed by atoms with Crippen molar-refractivity contribution in [3.63, 3.8) is 0 Å². The third-order valence-corrected chi connectivity index (χ3v) is 3.08. The van der Waals surface area contributed by atoms with Crippen LogP contribution in [-0.2, 0) is 0 Å². The fourth-order valence-corrected chi connectivity index (χ4v) is 1.88. The molecule has 0 aliphatic rings. The number of benzene rings is 1. The molecule has 5 heteroatoms. The first-order chi connectivity index (χ1) is 10.3. The number of halogens is 1. The molecule has 0 aliphatic heterocycles. The van der Waals surface area contributed by atoms with Gasteiger partial charge in [-0.2, -0.15) is 0 Å². The summed E-state index contributed by atoms with van der Waals surface area (Å²) in [5, 5.41) is 0.697. The largest absolute Gasteiger partial charge is 0.245 e. The van der Waals surface area contributed by atoms with Gasteiger partial charge in [0.1, 0.15) is 6.33 Å². The van der Waals surface area contributed by atoms with Crippen LogP contribution in [-0.4, -0.2) is 19.9 Å². The zero-order valence-corrected chi connectivity index (χ0v) is 11.8. The summed E-state index contributed by atoms with van der Waals surface area (Å²) in [7, 11) is 0. The maximum absolute atomic E-state index is 5.86. The van der Waals surface area contributed by atoms with E-state index in [9.17, 15) is 0 Å². The SMILES string of the molecule is Clc1ccc(-c2ncc(/C=C/c3ccncn3)cn2)cc1. The molecule has 2 heterocycles. The minimum Gasteiger partial charge on any atom is -0.245 e. The lowest BCUT2D eigenvalue weighted by molar-refractivity contribution is 1.15. The van der Waals surface area contributed by atoms with E-state index in [1.54, 1.807) is 18.6 Å². The molecule has 0 aliphatic carbocycles. The molecule has 0 radical (unpaired) electrons. The third-order valence-electron chi connectivity index (χ3n) is 2.83. The molecule has 4 nitrogen and oxygen atoms in total. The lowest BCUT2D eigenvalue weighted by Crippen LogP contribution is -1.89. The Labute approximate surface area is 127 Å². The Morgan fingerprint density at radius 3 is 2.29 bits per heavy atom. The molecule has 3 aromatic rings. The maximum atomic E-state index is 5.86. The first kappa shape index (κ1) is 13.4. The van der Waals surface area contributed by atoms with Crippen molar-refractivity contribution in [3.05, 3.63) is 71.5 Å². The van der Waals surface area contributed by atoms with Crippen molar-refractivity contribution < 1.29 is 0 Å². The van der Waals surface area contributed by atoms with E-state index in [-0.39, 0.29) is 0 Å². The quantitative estimate of drug-likeness (QED) is 0.738. The van der Waals surface area contributed by atoms with Crippen LogP contribution in [0.3, 0.4) is 0 Å². The van der Waals surface area contributed by atoms with Crippen molar-refractivity contribution in [2.75, 3.05) is 0 Å². The smallest absolute Gasteiger partial charge is 0.159 e. The summed E-state index contributed by atoms with van der Waals surface area (Å²) in [6.45, 7) is 0. The first-order valence-corrected chi connectivity index (χ1v) is 6.71. The van der Waals surface area contributed by atoms with Crippen LogP contribution in [0.2, 0.25) is 5.02 Å². The van der Waals surface area contributed by atoms with E-state index < -0.39 is 0 Å². The number of rotatable bonds is 3. The highest BCUT2D eigenvalue weighted by Gasteiger charge is 2.00. The molecule has 3 rings (SSSR count). The number of hydrogen-bond donors (Lipinski definition) is 0. The van der Waals surface area contributed by atoms with Crippen LogP contribution in [0.4, 0.5) is 0 Å². The van der Waals surface area contributed by atoms with Gasteiger partial charge in [-0.15, -0.1) is 0 Å². The molecule has 0 amide bonds. The Bertz CT molecular complexity index is 737. The van der Waals surface area contributed by atoms with Crippen LogP contribution in [0.25, 0.3) is 23.5 Å². The van der Waals surface area contributed by atoms with Gasteiger partial charge in [-0.3, -0.25) is 0 Å². The molecule has 0 spiro atoms. The first-order valence-electron chi connectivity index (χ1n) is 6.33.